The van der Waals surface area contributed by atoms with Crippen LogP contribution in [-0.4, -0.2) is 22.1 Å². The van der Waals surface area contributed by atoms with E-state index < -0.39 is 0 Å². The van der Waals surface area contributed by atoms with Crippen molar-refractivity contribution in [3.05, 3.63) is 71.8 Å². The highest BCUT2D eigenvalue weighted by atomic mass is 32.2. The van der Waals surface area contributed by atoms with Crippen LogP contribution in [0.4, 0.5) is 0 Å². The molecule has 0 saturated carbocycles. The van der Waals surface area contributed by atoms with Gasteiger partial charge in [0.25, 0.3) is 0 Å². The van der Waals surface area contributed by atoms with Crippen LogP contribution in [0.1, 0.15) is 34.6 Å². The average Bonchev–Trinajstić information content (AvgIpc) is 2.55. The van der Waals surface area contributed by atoms with E-state index in [2.05, 4.69) is 0 Å². The van der Waals surface area contributed by atoms with E-state index in [0.717, 1.165) is 0 Å². The summed E-state index contributed by atoms with van der Waals surface area (Å²) in [5.74, 6) is 0.127. The summed E-state index contributed by atoms with van der Waals surface area (Å²) in [6.07, 6.45) is 0. The van der Waals surface area contributed by atoms with Gasteiger partial charge in [-0.25, -0.2) is 0 Å². The summed E-state index contributed by atoms with van der Waals surface area (Å²) < 4.78 is 0. The van der Waals surface area contributed by atoms with Gasteiger partial charge < -0.3 is 0 Å². The van der Waals surface area contributed by atoms with Crippen molar-refractivity contribution in [1.82, 2.24) is 0 Å². The summed E-state index contributed by atoms with van der Waals surface area (Å²) in [5.41, 5.74) is 1.38. The molecule has 0 saturated heterocycles. The zero-order chi connectivity index (χ0) is 15.2. The number of benzene rings is 2. The average molecular weight is 298 g/mol. The third kappa shape index (κ3) is 4.05. The van der Waals surface area contributed by atoms with Crippen LogP contribution in [0, 0.1) is 0 Å². The molecule has 2 aromatic rings. The van der Waals surface area contributed by atoms with Gasteiger partial charge >= 0.3 is 0 Å². The first-order valence-corrected chi connectivity index (χ1v) is 7.88. The Balaban J connectivity index is 2.01. The maximum atomic E-state index is 12.3. The van der Waals surface area contributed by atoms with Crippen LogP contribution < -0.4 is 0 Å². The van der Waals surface area contributed by atoms with E-state index in [9.17, 15) is 9.59 Å². The topological polar surface area (TPSA) is 34.1 Å². The van der Waals surface area contributed by atoms with Crippen LogP contribution in [0.25, 0.3) is 0 Å². The largest absolute Gasteiger partial charge is 0.293 e. The van der Waals surface area contributed by atoms with Crippen molar-refractivity contribution in [3.8, 4) is 0 Å². The Morgan fingerprint density at radius 1 is 0.714 bits per heavy atom. The highest BCUT2D eigenvalue weighted by Gasteiger charge is 2.23. The Morgan fingerprint density at radius 2 is 1.05 bits per heavy atom. The van der Waals surface area contributed by atoms with Crippen molar-refractivity contribution in [3.63, 3.8) is 0 Å². The van der Waals surface area contributed by atoms with Crippen LogP contribution in [-0.2, 0) is 0 Å². The number of thioether (sulfide) groups is 1. The zero-order valence-corrected chi connectivity index (χ0v) is 13.0. The van der Waals surface area contributed by atoms with E-state index in [1.807, 2.05) is 74.5 Å². The minimum Gasteiger partial charge on any atom is -0.293 e. The summed E-state index contributed by atoms with van der Waals surface area (Å²) in [6, 6.07) is 18.4. The molecular weight excluding hydrogens is 280 g/mol. The van der Waals surface area contributed by atoms with Crippen molar-refractivity contribution < 1.29 is 9.59 Å². The third-order valence-corrected chi connectivity index (χ3v) is 4.51. The van der Waals surface area contributed by atoms with Gasteiger partial charge in [-0.05, 0) is 13.8 Å². The number of rotatable bonds is 6. The molecule has 0 aromatic heterocycles. The number of hydrogen-bond acceptors (Lipinski definition) is 3. The van der Waals surface area contributed by atoms with E-state index in [4.69, 9.17) is 0 Å². The molecule has 0 spiro atoms. The second-order valence-electron chi connectivity index (χ2n) is 4.88. The standard InChI is InChI=1S/C18H18O2S/c1-13(17(19)15-9-5-3-6-10-15)21-14(2)18(20)16-11-7-4-8-12-16/h3-14H,1-2H3. The molecule has 21 heavy (non-hydrogen) atoms. The molecule has 3 heteroatoms. The van der Waals surface area contributed by atoms with Gasteiger partial charge in [-0.3, -0.25) is 9.59 Å². The molecule has 108 valence electrons. The summed E-state index contributed by atoms with van der Waals surface area (Å²) in [6.45, 7) is 3.71. The second kappa shape index (κ2) is 7.23. The maximum Gasteiger partial charge on any atom is 0.175 e. The number of Topliss-reactive ketones (excluding diaryl/α,β-unsaturated/α-hetero) is 2. The number of ketones is 2. The molecule has 0 aliphatic carbocycles. The summed E-state index contributed by atoms with van der Waals surface area (Å²) >= 11 is 1.41. The Bertz CT molecular complexity index is 552. The van der Waals surface area contributed by atoms with Crippen molar-refractivity contribution in [2.24, 2.45) is 0 Å². The van der Waals surface area contributed by atoms with E-state index in [0.29, 0.717) is 11.1 Å². The van der Waals surface area contributed by atoms with Crippen LogP contribution >= 0.6 is 11.8 Å². The van der Waals surface area contributed by atoms with Gasteiger partial charge in [0, 0.05) is 11.1 Å². The van der Waals surface area contributed by atoms with Gasteiger partial charge in [0.15, 0.2) is 11.6 Å². The fourth-order valence-corrected chi connectivity index (χ4v) is 3.24. The molecule has 0 aliphatic heterocycles. The van der Waals surface area contributed by atoms with Crippen LogP contribution in [0.5, 0.6) is 0 Å². The maximum absolute atomic E-state index is 12.3. The predicted octanol–water partition coefficient (Wildman–Crippen LogP) is 4.26. The molecule has 0 N–H and O–H groups in total. The Labute approximate surface area is 129 Å². The normalized spacial score (nSPS) is 13.4. The van der Waals surface area contributed by atoms with E-state index in [1.54, 1.807) is 0 Å². The first-order valence-electron chi connectivity index (χ1n) is 6.93. The molecule has 0 fully saturated rings. The van der Waals surface area contributed by atoms with Gasteiger partial charge in [-0.2, -0.15) is 0 Å². The van der Waals surface area contributed by atoms with Crippen molar-refractivity contribution in [2.45, 2.75) is 24.3 Å². The Hall–Kier alpha value is -1.87. The van der Waals surface area contributed by atoms with Crippen molar-refractivity contribution in [1.29, 1.82) is 0 Å². The fraction of sp³-hybridized carbons (Fsp3) is 0.222. The molecule has 0 heterocycles. The van der Waals surface area contributed by atoms with Crippen LogP contribution in [0.3, 0.4) is 0 Å². The molecule has 2 unspecified atom stereocenters. The summed E-state index contributed by atoms with van der Waals surface area (Å²) in [4.78, 5) is 24.6. The van der Waals surface area contributed by atoms with E-state index in [1.165, 1.54) is 11.8 Å². The first kappa shape index (κ1) is 15.5. The third-order valence-electron chi connectivity index (χ3n) is 3.26. The highest BCUT2D eigenvalue weighted by molar-refractivity contribution is 8.01. The number of carbonyl (C=O) groups is 2. The van der Waals surface area contributed by atoms with Gasteiger partial charge in [0.1, 0.15) is 0 Å². The molecule has 0 amide bonds. The molecule has 2 aromatic carbocycles. The molecule has 2 nitrogen and oxygen atoms in total. The quantitative estimate of drug-likeness (QED) is 0.747. The smallest absolute Gasteiger partial charge is 0.175 e. The highest BCUT2D eigenvalue weighted by Crippen LogP contribution is 2.24. The van der Waals surface area contributed by atoms with Gasteiger partial charge in [0.05, 0.1) is 10.5 Å². The number of hydrogen-bond donors (Lipinski definition) is 0. The lowest BCUT2D eigenvalue weighted by Gasteiger charge is -2.15. The molecule has 2 rings (SSSR count). The van der Waals surface area contributed by atoms with Crippen molar-refractivity contribution in [2.75, 3.05) is 0 Å². The first-order chi connectivity index (χ1) is 10.1. The Kier molecular flexibility index (Phi) is 5.34. The zero-order valence-electron chi connectivity index (χ0n) is 12.2. The lowest BCUT2D eigenvalue weighted by molar-refractivity contribution is 0.0993. The van der Waals surface area contributed by atoms with Crippen molar-refractivity contribution >= 4 is 23.3 Å². The fourth-order valence-electron chi connectivity index (χ4n) is 2.10. The second-order valence-corrected chi connectivity index (χ2v) is 6.57. The minimum absolute atomic E-state index is 0.0633. The molecule has 2 atom stereocenters. The number of carbonyl (C=O) groups excluding carboxylic acids is 2. The van der Waals surface area contributed by atoms with Gasteiger partial charge in [-0.15, -0.1) is 11.8 Å². The molecule has 0 radical (unpaired) electrons. The molecule has 0 aliphatic rings. The predicted molar refractivity (Wildman–Crippen MR) is 88.1 cm³/mol. The summed E-state index contributed by atoms with van der Waals surface area (Å²) in [5, 5.41) is -0.481. The van der Waals surface area contributed by atoms with Crippen LogP contribution in [0.2, 0.25) is 0 Å². The summed E-state index contributed by atoms with van der Waals surface area (Å²) in [7, 11) is 0. The van der Waals surface area contributed by atoms with Gasteiger partial charge in [-0.1, -0.05) is 60.7 Å². The Morgan fingerprint density at radius 3 is 1.38 bits per heavy atom. The SMILES string of the molecule is CC(SC(C)C(=O)c1ccccc1)C(=O)c1ccccc1. The lowest BCUT2D eigenvalue weighted by atomic mass is 10.1. The minimum atomic E-state index is -0.241. The molecule has 0 bridgehead atoms. The van der Waals surface area contributed by atoms with E-state index in [-0.39, 0.29) is 22.1 Å². The van der Waals surface area contributed by atoms with Crippen LogP contribution in [0.15, 0.2) is 60.7 Å². The van der Waals surface area contributed by atoms with Gasteiger partial charge in [0.2, 0.25) is 0 Å². The lowest BCUT2D eigenvalue weighted by Crippen LogP contribution is -2.21. The van der Waals surface area contributed by atoms with E-state index >= 15 is 0 Å². The monoisotopic (exact) mass is 298 g/mol. The molecular formula is C18H18O2S.